The minimum atomic E-state index is -0.0912. The van der Waals surface area contributed by atoms with Gasteiger partial charge in [0, 0.05) is 16.3 Å². The van der Waals surface area contributed by atoms with Gasteiger partial charge in [0.05, 0.1) is 10.6 Å². The standard InChI is InChI=1S/C14H16Br2ClNO/c15-7-9-3-1-4-10(9)8-18-14(19)11-5-2-6-12(16)13(11)17/h2,5-6,9-10H,1,3-4,7-8H2,(H,18,19). The Labute approximate surface area is 135 Å². The summed E-state index contributed by atoms with van der Waals surface area (Å²) >= 11 is 13.0. The summed E-state index contributed by atoms with van der Waals surface area (Å²) in [6, 6.07) is 5.40. The summed E-state index contributed by atoms with van der Waals surface area (Å²) in [5, 5.41) is 4.50. The van der Waals surface area contributed by atoms with Crippen LogP contribution >= 0.6 is 43.5 Å². The molecule has 2 atom stereocenters. The summed E-state index contributed by atoms with van der Waals surface area (Å²) in [5.41, 5.74) is 0.532. The number of benzene rings is 1. The Morgan fingerprint density at radius 2 is 2.11 bits per heavy atom. The highest BCUT2D eigenvalue weighted by molar-refractivity contribution is 9.10. The van der Waals surface area contributed by atoms with Crippen molar-refractivity contribution in [3.05, 3.63) is 33.3 Å². The number of carbonyl (C=O) groups is 1. The van der Waals surface area contributed by atoms with Crippen LogP contribution in [-0.2, 0) is 0 Å². The molecular formula is C14H16Br2ClNO. The first-order valence-corrected chi connectivity index (χ1v) is 8.71. The second-order valence-corrected chi connectivity index (χ2v) is 6.80. The number of hydrogen-bond donors (Lipinski definition) is 1. The van der Waals surface area contributed by atoms with Crippen LogP contribution in [0.2, 0.25) is 5.02 Å². The van der Waals surface area contributed by atoms with Crippen molar-refractivity contribution in [1.82, 2.24) is 5.32 Å². The van der Waals surface area contributed by atoms with Crippen molar-refractivity contribution in [2.75, 3.05) is 11.9 Å². The molecule has 0 spiro atoms. The highest BCUT2D eigenvalue weighted by Gasteiger charge is 2.26. The number of amides is 1. The van der Waals surface area contributed by atoms with Gasteiger partial charge >= 0.3 is 0 Å². The molecule has 1 aliphatic rings. The van der Waals surface area contributed by atoms with Gasteiger partial charge in [0.2, 0.25) is 0 Å². The van der Waals surface area contributed by atoms with Gasteiger partial charge in [-0.2, -0.15) is 0 Å². The zero-order valence-electron chi connectivity index (χ0n) is 10.5. The fourth-order valence-electron chi connectivity index (χ4n) is 2.58. The molecular weight excluding hydrogens is 393 g/mol. The molecule has 1 aliphatic carbocycles. The van der Waals surface area contributed by atoms with Gasteiger partial charge in [-0.1, -0.05) is 40.0 Å². The van der Waals surface area contributed by atoms with E-state index in [-0.39, 0.29) is 5.91 Å². The maximum absolute atomic E-state index is 12.1. The van der Waals surface area contributed by atoms with Gasteiger partial charge in [-0.3, -0.25) is 4.79 Å². The van der Waals surface area contributed by atoms with Crippen molar-refractivity contribution in [3.63, 3.8) is 0 Å². The van der Waals surface area contributed by atoms with E-state index in [0.717, 1.165) is 16.3 Å². The largest absolute Gasteiger partial charge is 0.352 e. The molecule has 5 heteroatoms. The van der Waals surface area contributed by atoms with E-state index in [1.165, 1.54) is 19.3 Å². The van der Waals surface area contributed by atoms with Gasteiger partial charge in [0.1, 0.15) is 0 Å². The average Bonchev–Trinajstić information content (AvgIpc) is 2.86. The van der Waals surface area contributed by atoms with E-state index in [4.69, 9.17) is 11.6 Å². The van der Waals surface area contributed by atoms with Gasteiger partial charge in [-0.15, -0.1) is 0 Å². The predicted octanol–water partition coefficient (Wildman–Crippen LogP) is 4.64. The van der Waals surface area contributed by atoms with E-state index in [0.29, 0.717) is 22.4 Å². The molecule has 1 amide bonds. The van der Waals surface area contributed by atoms with Gasteiger partial charge in [-0.25, -0.2) is 0 Å². The van der Waals surface area contributed by atoms with Crippen molar-refractivity contribution in [1.29, 1.82) is 0 Å². The molecule has 1 aromatic carbocycles. The van der Waals surface area contributed by atoms with Crippen molar-refractivity contribution in [3.8, 4) is 0 Å². The van der Waals surface area contributed by atoms with Crippen LogP contribution < -0.4 is 5.32 Å². The molecule has 2 rings (SSSR count). The lowest BCUT2D eigenvalue weighted by Gasteiger charge is -2.18. The topological polar surface area (TPSA) is 29.1 Å². The molecule has 0 bridgehead atoms. The zero-order valence-corrected chi connectivity index (χ0v) is 14.4. The summed E-state index contributed by atoms with van der Waals surface area (Å²) in [5.74, 6) is 1.17. The summed E-state index contributed by atoms with van der Waals surface area (Å²) in [6.45, 7) is 0.734. The van der Waals surface area contributed by atoms with E-state index in [1.54, 1.807) is 6.07 Å². The Kier molecular flexibility index (Phi) is 5.72. The van der Waals surface area contributed by atoms with Crippen LogP contribution in [0.4, 0.5) is 0 Å². The molecule has 0 aliphatic heterocycles. The van der Waals surface area contributed by atoms with Crippen LogP contribution in [0.3, 0.4) is 0 Å². The lowest BCUT2D eigenvalue weighted by atomic mass is 9.98. The molecule has 1 N–H and O–H groups in total. The quantitative estimate of drug-likeness (QED) is 0.721. The highest BCUT2D eigenvalue weighted by atomic mass is 79.9. The van der Waals surface area contributed by atoms with Crippen molar-refractivity contribution in [2.45, 2.75) is 19.3 Å². The number of alkyl halides is 1. The van der Waals surface area contributed by atoms with Gasteiger partial charge < -0.3 is 5.32 Å². The van der Waals surface area contributed by atoms with Gasteiger partial charge in [-0.05, 0) is 52.7 Å². The third-order valence-corrected chi connectivity index (χ3v) is 5.86. The number of halogens is 3. The fraction of sp³-hybridized carbons (Fsp3) is 0.500. The van der Waals surface area contributed by atoms with E-state index in [2.05, 4.69) is 37.2 Å². The van der Waals surface area contributed by atoms with Gasteiger partial charge in [0.15, 0.2) is 0 Å². The van der Waals surface area contributed by atoms with E-state index >= 15 is 0 Å². The molecule has 0 aromatic heterocycles. The molecule has 0 radical (unpaired) electrons. The average molecular weight is 410 g/mol. The Morgan fingerprint density at radius 1 is 1.37 bits per heavy atom. The van der Waals surface area contributed by atoms with Crippen LogP contribution in [0.25, 0.3) is 0 Å². The number of rotatable bonds is 4. The van der Waals surface area contributed by atoms with Crippen LogP contribution in [0, 0.1) is 11.8 Å². The Hall–Kier alpha value is -0.0600. The number of hydrogen-bond acceptors (Lipinski definition) is 1. The molecule has 0 saturated heterocycles. The smallest absolute Gasteiger partial charge is 0.252 e. The molecule has 1 saturated carbocycles. The molecule has 2 unspecified atom stereocenters. The summed E-state index contributed by atoms with van der Waals surface area (Å²) in [7, 11) is 0. The lowest BCUT2D eigenvalue weighted by molar-refractivity contribution is 0.0945. The van der Waals surface area contributed by atoms with Crippen LogP contribution in [0.1, 0.15) is 29.6 Å². The van der Waals surface area contributed by atoms with E-state index in [1.807, 2.05) is 12.1 Å². The van der Waals surface area contributed by atoms with Crippen molar-refractivity contribution < 1.29 is 4.79 Å². The highest BCUT2D eigenvalue weighted by Crippen LogP contribution is 2.32. The monoisotopic (exact) mass is 407 g/mol. The first kappa shape index (κ1) is 15.3. The van der Waals surface area contributed by atoms with Crippen LogP contribution in [0.15, 0.2) is 22.7 Å². The molecule has 19 heavy (non-hydrogen) atoms. The number of nitrogens with one attached hydrogen (secondary N) is 1. The Bertz CT molecular complexity index is 467. The lowest BCUT2D eigenvalue weighted by Crippen LogP contribution is -2.31. The molecule has 0 heterocycles. The van der Waals surface area contributed by atoms with E-state index < -0.39 is 0 Å². The Morgan fingerprint density at radius 3 is 2.84 bits per heavy atom. The molecule has 2 nitrogen and oxygen atoms in total. The molecule has 104 valence electrons. The minimum Gasteiger partial charge on any atom is -0.352 e. The molecule has 1 aromatic rings. The summed E-state index contributed by atoms with van der Waals surface area (Å²) < 4.78 is 0.751. The zero-order chi connectivity index (χ0) is 13.8. The van der Waals surface area contributed by atoms with Crippen LogP contribution in [0.5, 0.6) is 0 Å². The first-order valence-electron chi connectivity index (χ1n) is 6.41. The third-order valence-electron chi connectivity index (χ3n) is 3.74. The molecule has 1 fully saturated rings. The summed E-state index contributed by atoms with van der Waals surface area (Å²) in [6.07, 6.45) is 3.71. The van der Waals surface area contributed by atoms with Crippen molar-refractivity contribution in [2.24, 2.45) is 11.8 Å². The summed E-state index contributed by atoms with van der Waals surface area (Å²) in [4.78, 5) is 12.1. The Balaban J connectivity index is 1.96. The van der Waals surface area contributed by atoms with Crippen LogP contribution in [-0.4, -0.2) is 17.8 Å². The number of carbonyl (C=O) groups excluding carboxylic acids is 1. The fourth-order valence-corrected chi connectivity index (χ4v) is 4.01. The first-order chi connectivity index (χ1) is 9.13. The van der Waals surface area contributed by atoms with Gasteiger partial charge in [0.25, 0.3) is 5.91 Å². The maximum atomic E-state index is 12.1. The van der Waals surface area contributed by atoms with E-state index in [9.17, 15) is 4.79 Å². The predicted molar refractivity (Wildman–Crippen MR) is 86.1 cm³/mol. The maximum Gasteiger partial charge on any atom is 0.252 e. The SMILES string of the molecule is O=C(NCC1CCCC1CBr)c1cccc(Br)c1Cl. The van der Waals surface area contributed by atoms with Crippen molar-refractivity contribution >= 4 is 49.4 Å². The third kappa shape index (κ3) is 3.73. The normalized spacial score (nSPS) is 22.5. The second kappa shape index (κ2) is 7.09. The minimum absolute atomic E-state index is 0.0912. The second-order valence-electron chi connectivity index (χ2n) is 4.92.